The summed E-state index contributed by atoms with van der Waals surface area (Å²) in [6.07, 6.45) is 3.10. The van der Waals surface area contributed by atoms with Crippen molar-refractivity contribution < 1.29 is 23.8 Å². The Morgan fingerprint density at radius 1 is 1.19 bits per heavy atom. The van der Waals surface area contributed by atoms with E-state index in [1.54, 1.807) is 30.5 Å². The highest BCUT2D eigenvalue weighted by Gasteiger charge is 2.46. The number of ether oxygens (including phenoxy) is 1. The highest BCUT2D eigenvalue weighted by Crippen LogP contribution is 2.40. The molecule has 6 nitrogen and oxygen atoms in total. The molecule has 4 rings (SSSR count). The van der Waals surface area contributed by atoms with Gasteiger partial charge >= 0.3 is 0 Å². The second-order valence-electron chi connectivity index (χ2n) is 7.19. The molecule has 1 aliphatic rings. The van der Waals surface area contributed by atoms with Crippen LogP contribution in [0.15, 0.2) is 72.6 Å². The van der Waals surface area contributed by atoms with Crippen molar-refractivity contribution in [2.24, 2.45) is 0 Å². The molecule has 0 bridgehead atoms. The van der Waals surface area contributed by atoms with Gasteiger partial charge in [0, 0.05) is 24.5 Å². The minimum Gasteiger partial charge on any atom is -0.507 e. The van der Waals surface area contributed by atoms with Crippen molar-refractivity contribution in [2.75, 3.05) is 7.11 Å². The summed E-state index contributed by atoms with van der Waals surface area (Å²) in [6, 6.07) is 12.7. The van der Waals surface area contributed by atoms with Crippen LogP contribution in [0.5, 0.6) is 5.75 Å². The number of hydrogen-bond acceptors (Lipinski definition) is 5. The van der Waals surface area contributed by atoms with Crippen LogP contribution < -0.4 is 4.74 Å². The molecule has 1 aromatic heterocycles. The number of rotatable bonds is 5. The van der Waals surface area contributed by atoms with Crippen LogP contribution in [0.1, 0.15) is 22.7 Å². The van der Waals surface area contributed by atoms with Crippen LogP contribution in [-0.4, -0.2) is 33.8 Å². The Labute approximate surface area is 188 Å². The monoisotopic (exact) mass is 452 g/mol. The van der Waals surface area contributed by atoms with Crippen LogP contribution in [0.2, 0.25) is 5.02 Å². The van der Waals surface area contributed by atoms with Crippen molar-refractivity contribution in [1.82, 2.24) is 9.88 Å². The van der Waals surface area contributed by atoms with Gasteiger partial charge in [0.15, 0.2) is 0 Å². The molecule has 2 aromatic carbocycles. The van der Waals surface area contributed by atoms with Crippen molar-refractivity contribution in [2.45, 2.75) is 12.6 Å². The maximum absolute atomic E-state index is 13.3. The van der Waals surface area contributed by atoms with Gasteiger partial charge in [0.2, 0.25) is 0 Å². The highest BCUT2D eigenvalue weighted by atomic mass is 35.5. The summed E-state index contributed by atoms with van der Waals surface area (Å²) in [5, 5.41) is 11.3. The Balaban J connectivity index is 1.84. The first-order valence-electron chi connectivity index (χ1n) is 9.67. The van der Waals surface area contributed by atoms with E-state index in [9.17, 15) is 19.1 Å². The number of methoxy groups -OCH3 is 1. The number of aromatic nitrogens is 1. The molecule has 1 fully saturated rings. The van der Waals surface area contributed by atoms with Crippen molar-refractivity contribution in [3.63, 3.8) is 0 Å². The van der Waals surface area contributed by atoms with Gasteiger partial charge in [-0.25, -0.2) is 4.39 Å². The minimum atomic E-state index is -0.880. The van der Waals surface area contributed by atoms with E-state index in [0.29, 0.717) is 16.9 Å². The van der Waals surface area contributed by atoms with Gasteiger partial charge in [-0.2, -0.15) is 0 Å². The highest BCUT2D eigenvalue weighted by molar-refractivity contribution is 6.46. The molecular formula is C24H18ClFN2O4. The zero-order chi connectivity index (χ0) is 22.8. The average molecular weight is 453 g/mol. The molecule has 0 aliphatic carbocycles. The molecule has 1 amide bonds. The largest absolute Gasteiger partial charge is 0.507 e. The van der Waals surface area contributed by atoms with E-state index in [1.807, 2.05) is 0 Å². The lowest BCUT2D eigenvalue weighted by molar-refractivity contribution is -0.140. The molecule has 1 unspecified atom stereocenters. The van der Waals surface area contributed by atoms with Crippen LogP contribution >= 0.6 is 11.6 Å². The van der Waals surface area contributed by atoms with Crippen LogP contribution in [0.25, 0.3) is 5.76 Å². The number of aliphatic hydroxyl groups is 1. The average Bonchev–Trinajstić information content (AvgIpc) is 3.05. The number of benzene rings is 2. The second-order valence-corrected chi connectivity index (χ2v) is 7.60. The van der Waals surface area contributed by atoms with E-state index in [0.717, 1.165) is 0 Å². The molecule has 0 spiro atoms. The van der Waals surface area contributed by atoms with E-state index in [1.165, 1.54) is 48.5 Å². The number of hydrogen-bond donors (Lipinski definition) is 1. The van der Waals surface area contributed by atoms with Crippen LogP contribution in [0.3, 0.4) is 0 Å². The number of pyridine rings is 1. The van der Waals surface area contributed by atoms with Gasteiger partial charge < -0.3 is 14.7 Å². The van der Waals surface area contributed by atoms with Crippen LogP contribution in [0, 0.1) is 5.82 Å². The number of nitrogens with zero attached hydrogens (tertiary/aromatic N) is 2. The number of carbonyl (C=O) groups is 2. The lowest BCUT2D eigenvalue weighted by Crippen LogP contribution is -2.29. The lowest BCUT2D eigenvalue weighted by Gasteiger charge is -2.25. The first-order valence-corrected chi connectivity index (χ1v) is 10.0. The molecule has 1 atom stereocenters. The summed E-state index contributed by atoms with van der Waals surface area (Å²) in [4.78, 5) is 31.4. The first-order chi connectivity index (χ1) is 15.4. The normalized spacial score (nSPS) is 17.6. The molecule has 32 heavy (non-hydrogen) atoms. The fourth-order valence-corrected chi connectivity index (χ4v) is 3.94. The van der Waals surface area contributed by atoms with E-state index in [4.69, 9.17) is 16.3 Å². The van der Waals surface area contributed by atoms with Gasteiger partial charge in [-0.15, -0.1) is 0 Å². The van der Waals surface area contributed by atoms with E-state index >= 15 is 0 Å². The van der Waals surface area contributed by atoms with Gasteiger partial charge in [0.1, 0.15) is 17.3 Å². The molecule has 0 saturated carbocycles. The SMILES string of the molecule is COc1ccc(/C(O)=C2/C(=O)C(=O)N(Cc3ccc(F)cc3)C2c2cccnc2)cc1Cl. The van der Waals surface area contributed by atoms with E-state index in [2.05, 4.69) is 4.98 Å². The molecular weight excluding hydrogens is 435 g/mol. The number of halogens is 2. The van der Waals surface area contributed by atoms with Gasteiger partial charge in [-0.1, -0.05) is 29.8 Å². The topological polar surface area (TPSA) is 79.7 Å². The lowest BCUT2D eigenvalue weighted by atomic mass is 9.96. The van der Waals surface area contributed by atoms with E-state index < -0.39 is 23.5 Å². The third-order valence-corrected chi connectivity index (χ3v) is 5.53. The number of aliphatic hydroxyl groups excluding tert-OH is 1. The predicted molar refractivity (Wildman–Crippen MR) is 116 cm³/mol. The number of Topliss-reactive ketones (excluding diaryl/α,β-unsaturated/α-hetero) is 1. The number of likely N-dealkylation sites (tertiary alicyclic amines) is 1. The van der Waals surface area contributed by atoms with Gasteiger partial charge in [0.25, 0.3) is 11.7 Å². The van der Waals surface area contributed by atoms with Crippen LogP contribution in [-0.2, 0) is 16.1 Å². The Bertz CT molecular complexity index is 1210. The number of amides is 1. The maximum atomic E-state index is 13.3. The van der Waals surface area contributed by atoms with E-state index in [-0.39, 0.29) is 28.5 Å². The second kappa shape index (κ2) is 8.80. The summed E-state index contributed by atoms with van der Waals surface area (Å²) >= 11 is 6.19. The molecule has 1 N–H and O–H groups in total. The molecule has 1 saturated heterocycles. The smallest absolute Gasteiger partial charge is 0.295 e. The van der Waals surface area contributed by atoms with Crippen molar-refractivity contribution >= 4 is 29.1 Å². The maximum Gasteiger partial charge on any atom is 0.295 e. The third kappa shape index (κ3) is 3.94. The van der Waals surface area contributed by atoms with Crippen molar-refractivity contribution in [3.05, 3.63) is 100 Å². The molecule has 3 aromatic rings. The Morgan fingerprint density at radius 3 is 2.56 bits per heavy atom. The summed E-state index contributed by atoms with van der Waals surface area (Å²) in [6.45, 7) is 0.0462. The quantitative estimate of drug-likeness (QED) is 0.350. The third-order valence-electron chi connectivity index (χ3n) is 5.23. The van der Waals surface area contributed by atoms with Gasteiger partial charge in [-0.3, -0.25) is 14.6 Å². The summed E-state index contributed by atoms with van der Waals surface area (Å²) < 4.78 is 18.5. The zero-order valence-corrected chi connectivity index (χ0v) is 17.7. The van der Waals surface area contributed by atoms with Crippen molar-refractivity contribution in [3.8, 4) is 5.75 Å². The standard InChI is InChI=1S/C24H18ClFN2O4/c1-32-19-9-6-15(11-18(19)25)22(29)20-21(16-3-2-10-27-12-16)28(24(31)23(20)30)13-14-4-7-17(26)8-5-14/h2-12,21,29H,13H2,1H3/b22-20-. The molecule has 1 aliphatic heterocycles. The first kappa shape index (κ1) is 21.5. The van der Waals surface area contributed by atoms with Gasteiger partial charge in [0.05, 0.1) is 23.7 Å². The Kier molecular flexibility index (Phi) is 5.92. The van der Waals surface area contributed by atoms with Crippen molar-refractivity contribution in [1.29, 1.82) is 0 Å². The summed E-state index contributed by atoms with van der Waals surface area (Å²) in [5.74, 6) is -1.96. The molecule has 2 heterocycles. The fourth-order valence-electron chi connectivity index (χ4n) is 3.68. The predicted octanol–water partition coefficient (Wildman–Crippen LogP) is 4.50. The van der Waals surface area contributed by atoms with Gasteiger partial charge in [-0.05, 0) is 47.5 Å². The minimum absolute atomic E-state index is 0.0462. The summed E-state index contributed by atoms with van der Waals surface area (Å²) in [7, 11) is 1.46. The Hall–Kier alpha value is -3.71. The molecule has 8 heteroatoms. The summed E-state index contributed by atoms with van der Waals surface area (Å²) in [5.41, 5.74) is 1.38. The number of ketones is 1. The Morgan fingerprint density at radius 2 is 1.94 bits per heavy atom. The molecule has 162 valence electrons. The molecule has 0 radical (unpaired) electrons. The number of carbonyl (C=O) groups excluding carboxylic acids is 2. The fraction of sp³-hybridized carbons (Fsp3) is 0.125. The zero-order valence-electron chi connectivity index (χ0n) is 17.0. The van der Waals surface area contributed by atoms with Crippen LogP contribution in [0.4, 0.5) is 4.39 Å².